The van der Waals surface area contributed by atoms with E-state index < -0.39 is 253 Å². The highest BCUT2D eigenvalue weighted by Gasteiger charge is 2.52. The molecule has 0 bridgehead atoms. The Morgan fingerprint density at radius 2 is 0.832 bits per heavy atom. The zero-order chi connectivity index (χ0) is 69.9. The Kier molecular flexibility index (Phi) is 27.6. The number of rotatable bonds is 25. The molecule has 1 aliphatic carbocycles. The van der Waals surface area contributed by atoms with Gasteiger partial charge in [-0.2, -0.15) is 0 Å². The largest absolute Gasteiger partial charge is 0.468 e. The van der Waals surface area contributed by atoms with E-state index in [2.05, 4.69) is 0 Å². The summed E-state index contributed by atoms with van der Waals surface area (Å²) in [6.07, 6.45) is -26.1. The number of methoxy groups -OCH3 is 3. The summed E-state index contributed by atoms with van der Waals surface area (Å²) in [5.74, 6) is -12.8. The molecule has 0 aromatic carbocycles. The summed E-state index contributed by atoms with van der Waals surface area (Å²) in [7, 11) is 3.22. The molecule has 7 rings (SSSR count). The van der Waals surface area contributed by atoms with E-state index in [1.54, 1.807) is 6.92 Å². The molecule has 0 aromatic rings. The molecule has 1 saturated carbocycles. The molecule has 0 unspecified atom stereocenters. The Bertz CT molecular complexity index is 2850. The van der Waals surface area contributed by atoms with Crippen LogP contribution in [0.2, 0.25) is 0 Å². The van der Waals surface area contributed by atoms with E-state index in [4.69, 9.17) is 71.1 Å². The van der Waals surface area contributed by atoms with E-state index in [0.29, 0.717) is 0 Å². The van der Waals surface area contributed by atoms with Gasteiger partial charge in [-0.25, -0.2) is 14.4 Å². The maximum absolute atomic E-state index is 14.4. The summed E-state index contributed by atoms with van der Waals surface area (Å²) in [6, 6.07) is 0. The SMILES string of the molecule is C/C=C1\[C@H](O[C@@H]2O[C@H](CO)[C@@H](O)[C@H](O)[C@H]2O)OC=C(C(=O)OC)[C@H]1CC(=O)OC[C@@H](CO)[C@@H]1C[C@H](OC(=O)C[C@@H]2C(C(=O)OC)=CO[C@@H](O[C@@H]3O[C@H](CO)[C@@H](O)[C@H](O)[C@H]3O)/C2=C\C)[C@@H](C)[C@H]1COC(=O)C[C@@H]1C(C(=O)OC)=CO[C@@H](O[C@@H]2O[C@H](CO)[C@@H](O)[C@H](O)[C@H]2O)/C1=C/C. The van der Waals surface area contributed by atoms with Crippen LogP contribution in [0.4, 0.5) is 0 Å². The minimum atomic E-state index is -1.88. The number of aliphatic hydroxyl groups excluding tert-OH is 13. The Morgan fingerprint density at radius 1 is 0.495 bits per heavy atom. The zero-order valence-corrected chi connectivity index (χ0v) is 52.9. The van der Waals surface area contributed by atoms with Crippen molar-refractivity contribution in [2.45, 2.75) is 170 Å². The predicted octanol–water partition coefficient (Wildman–Crippen LogP) is -4.59. The van der Waals surface area contributed by atoms with Crippen molar-refractivity contribution < 1.29 is 166 Å². The topological polar surface area (TPSA) is 504 Å². The monoisotopic (exact) mass is 1360 g/mol. The second kappa shape index (κ2) is 34.4. The Hall–Kier alpha value is -6.10. The van der Waals surface area contributed by atoms with Gasteiger partial charge < -0.3 is 137 Å². The Labute approximate surface area is 543 Å². The predicted molar refractivity (Wildman–Crippen MR) is 308 cm³/mol. The van der Waals surface area contributed by atoms with Gasteiger partial charge in [-0.3, -0.25) is 14.4 Å². The lowest BCUT2D eigenvalue weighted by atomic mass is 9.82. The number of carbonyl (C=O) groups is 6. The van der Waals surface area contributed by atoms with Crippen LogP contribution in [-0.2, 0) is 99.8 Å². The van der Waals surface area contributed by atoms with E-state index >= 15 is 0 Å². The van der Waals surface area contributed by atoms with Crippen LogP contribution < -0.4 is 0 Å². The van der Waals surface area contributed by atoms with Crippen molar-refractivity contribution in [3.63, 3.8) is 0 Å². The van der Waals surface area contributed by atoms with Crippen LogP contribution in [0.25, 0.3) is 0 Å². The second-order valence-corrected chi connectivity index (χ2v) is 23.5. The van der Waals surface area contributed by atoms with Gasteiger partial charge >= 0.3 is 35.8 Å². The zero-order valence-electron chi connectivity index (χ0n) is 52.9. The van der Waals surface area contributed by atoms with Crippen LogP contribution in [-0.4, -0.2) is 280 Å². The minimum Gasteiger partial charge on any atom is -0.468 e. The van der Waals surface area contributed by atoms with E-state index in [-0.39, 0.29) is 39.9 Å². The number of hydrogen-bond donors (Lipinski definition) is 13. The van der Waals surface area contributed by atoms with Crippen LogP contribution in [0, 0.1) is 41.4 Å². The number of aliphatic hydroxyl groups is 13. The van der Waals surface area contributed by atoms with Crippen LogP contribution in [0.5, 0.6) is 0 Å². The first-order valence-electron chi connectivity index (χ1n) is 30.6. The summed E-state index contributed by atoms with van der Waals surface area (Å²) < 4.78 is 84.2. The third-order valence-electron chi connectivity index (χ3n) is 18.1. The van der Waals surface area contributed by atoms with Crippen molar-refractivity contribution >= 4 is 35.8 Å². The Balaban J connectivity index is 1.13. The molecule has 6 aliphatic heterocycles. The molecule has 0 radical (unpaired) electrons. The van der Waals surface area contributed by atoms with E-state index in [1.807, 2.05) is 0 Å². The number of hydrogen-bond acceptors (Lipinski definition) is 34. The molecule has 0 spiro atoms. The Morgan fingerprint density at radius 3 is 1.15 bits per heavy atom. The highest BCUT2D eigenvalue weighted by atomic mass is 16.8. The smallest absolute Gasteiger partial charge is 0.337 e. The standard InChI is InChI=1S/C61H86O34/c1-8-26-30(34(53(78)81-5)21-86-56(26)93-59-50(75)47(72)44(69)38(16-63)90-59)12-41(66)84-19-25(15-62)29-11-37(89-43(68)14-32-28(10-3)58(88-23-36(32)55(80)83-7)95-61-52(77)49(74)46(71)40(18-65)92-61)24(4)33(29)20-85-42(67)13-31-27(9-2)57(87-22-35(31)54(79)82-6)94-60-51(76)48(73)45(70)39(17-64)91-60/h8-10,21-25,29-33,37-40,44-52,56-65,69-77H,11-20H2,1-7H3/b26-8-,27-9+,28-10-/t24-,25+,29-,30-,31-,32-,33+,37-,38+,39+,40+,44+,45+,46+,47-,48-,49-,50+,51+,52+,56-,57-,58-,59-,60-,61-/m0/s1. The van der Waals surface area contributed by atoms with Crippen molar-refractivity contribution in [3.8, 4) is 0 Å². The van der Waals surface area contributed by atoms with Gasteiger partial charge in [0.15, 0.2) is 18.9 Å². The molecule has 0 aromatic heterocycles. The van der Waals surface area contributed by atoms with Gasteiger partial charge in [-0.05, 0) is 39.0 Å². The van der Waals surface area contributed by atoms with Crippen molar-refractivity contribution in [2.24, 2.45) is 41.4 Å². The van der Waals surface area contributed by atoms with E-state index in [9.17, 15) is 95.2 Å². The third kappa shape index (κ3) is 17.1. The molecule has 7 aliphatic rings. The van der Waals surface area contributed by atoms with Gasteiger partial charge in [-0.15, -0.1) is 0 Å². The van der Waals surface area contributed by atoms with Crippen LogP contribution in [0.15, 0.2) is 70.5 Å². The van der Waals surface area contributed by atoms with E-state index in [1.165, 1.54) is 39.0 Å². The first-order chi connectivity index (χ1) is 45.3. The lowest BCUT2D eigenvalue weighted by Crippen LogP contribution is -2.60. The van der Waals surface area contributed by atoms with Gasteiger partial charge in [0.1, 0.15) is 79.4 Å². The molecule has 13 N–H and O–H groups in total. The average molecular weight is 1360 g/mol. The van der Waals surface area contributed by atoms with Gasteiger partial charge in [0, 0.05) is 52.9 Å². The third-order valence-corrected chi connectivity index (χ3v) is 18.1. The van der Waals surface area contributed by atoms with Crippen LogP contribution >= 0.6 is 0 Å². The molecule has 26 atom stereocenters. The lowest BCUT2D eigenvalue weighted by Gasteiger charge is -2.42. The molecule has 3 saturated heterocycles. The summed E-state index contributed by atoms with van der Waals surface area (Å²) >= 11 is 0. The maximum atomic E-state index is 14.4. The molecular weight excluding hydrogens is 1280 g/mol. The second-order valence-electron chi connectivity index (χ2n) is 23.5. The molecule has 6 heterocycles. The van der Waals surface area contributed by atoms with Gasteiger partial charge in [0.2, 0.25) is 18.9 Å². The van der Waals surface area contributed by atoms with Gasteiger partial charge in [-0.1, -0.05) is 25.2 Å². The van der Waals surface area contributed by atoms with Crippen molar-refractivity contribution in [2.75, 3.05) is 61.0 Å². The summed E-state index contributed by atoms with van der Waals surface area (Å²) in [4.78, 5) is 82.6. The first kappa shape index (κ1) is 76.3. The quantitative estimate of drug-likeness (QED) is 0.0232. The van der Waals surface area contributed by atoms with E-state index in [0.717, 1.165) is 40.1 Å². The summed E-state index contributed by atoms with van der Waals surface area (Å²) in [5, 5.41) is 135. The summed E-state index contributed by atoms with van der Waals surface area (Å²) in [6.45, 7) is 2.07. The van der Waals surface area contributed by atoms with Gasteiger partial charge in [0.25, 0.3) is 0 Å². The minimum absolute atomic E-state index is 0.0957. The molecule has 34 nitrogen and oxygen atoms in total. The van der Waals surface area contributed by atoms with Crippen molar-refractivity contribution in [3.05, 3.63) is 70.5 Å². The van der Waals surface area contributed by atoms with Crippen molar-refractivity contribution in [1.82, 2.24) is 0 Å². The number of carbonyl (C=O) groups excluding carboxylic acids is 6. The lowest BCUT2D eigenvalue weighted by molar-refractivity contribution is -0.327. The summed E-state index contributed by atoms with van der Waals surface area (Å²) in [5.41, 5.74) is -0.281. The highest BCUT2D eigenvalue weighted by molar-refractivity contribution is 5.92. The van der Waals surface area contributed by atoms with Crippen molar-refractivity contribution in [1.29, 1.82) is 0 Å². The van der Waals surface area contributed by atoms with Crippen LogP contribution in [0.1, 0.15) is 53.4 Å². The fourth-order valence-electron chi connectivity index (χ4n) is 12.6. The fourth-order valence-corrected chi connectivity index (χ4v) is 12.6. The highest BCUT2D eigenvalue weighted by Crippen LogP contribution is 2.46. The fraction of sp³-hybridized carbons (Fsp3) is 0.705. The average Bonchev–Trinajstić information content (AvgIpc) is 1.09. The number of esters is 6. The first-order valence-corrected chi connectivity index (χ1v) is 30.6. The number of ether oxygens (including phenoxy) is 15. The maximum Gasteiger partial charge on any atom is 0.337 e. The number of allylic oxidation sites excluding steroid dienone is 3. The molecule has 534 valence electrons. The molecule has 4 fully saturated rings. The normalized spacial score (nSPS) is 38.8. The molecule has 95 heavy (non-hydrogen) atoms. The molecule has 0 amide bonds. The van der Waals surface area contributed by atoms with Gasteiger partial charge in [0.05, 0.1) is 109 Å². The molecule has 34 heteroatoms. The molecular formula is C61H86O34. The van der Waals surface area contributed by atoms with Crippen LogP contribution in [0.3, 0.4) is 0 Å².